The Balaban J connectivity index is 1.63. The van der Waals surface area contributed by atoms with E-state index in [0.29, 0.717) is 57.4 Å². The van der Waals surface area contributed by atoms with Crippen molar-refractivity contribution in [1.29, 1.82) is 0 Å². The number of amides is 1. The van der Waals surface area contributed by atoms with E-state index in [2.05, 4.69) is 18.8 Å². The zero-order valence-corrected chi connectivity index (χ0v) is 24.0. The number of Topliss-reactive ketones (excluding diaryl/α,β-unsaturated/α-hetero) is 1. The molecule has 4 aromatic rings. The number of hydrogen-bond acceptors (Lipinski definition) is 7. The van der Waals surface area contributed by atoms with Crippen molar-refractivity contribution in [2.75, 3.05) is 18.1 Å². The van der Waals surface area contributed by atoms with Gasteiger partial charge in [0.15, 0.2) is 5.13 Å². The second-order valence-corrected chi connectivity index (χ2v) is 11.3. The van der Waals surface area contributed by atoms with Crippen LogP contribution in [0.2, 0.25) is 5.02 Å². The van der Waals surface area contributed by atoms with Crippen molar-refractivity contribution in [2.24, 2.45) is 5.92 Å². The summed E-state index contributed by atoms with van der Waals surface area (Å²) in [6.07, 6.45) is 0.884. The van der Waals surface area contributed by atoms with Crippen molar-refractivity contribution in [3.8, 4) is 11.5 Å². The molecular formula is C31H29ClN2O5S. The molecule has 0 bridgehead atoms. The van der Waals surface area contributed by atoms with E-state index in [-0.39, 0.29) is 11.3 Å². The summed E-state index contributed by atoms with van der Waals surface area (Å²) >= 11 is 7.44. The highest BCUT2D eigenvalue weighted by Crippen LogP contribution is 2.45. The van der Waals surface area contributed by atoms with E-state index in [1.807, 2.05) is 25.1 Å². The fraction of sp³-hybridized carbons (Fsp3) is 0.258. The fourth-order valence-electron chi connectivity index (χ4n) is 4.55. The van der Waals surface area contributed by atoms with Gasteiger partial charge in [-0.1, -0.05) is 48.9 Å². The number of ether oxygens (including phenoxy) is 2. The maximum absolute atomic E-state index is 13.6. The molecule has 1 amide bonds. The van der Waals surface area contributed by atoms with Crippen molar-refractivity contribution < 1.29 is 24.2 Å². The number of thiazole rings is 1. The molecule has 1 N–H and O–H groups in total. The number of aliphatic hydroxyl groups is 1. The van der Waals surface area contributed by atoms with Crippen LogP contribution < -0.4 is 14.4 Å². The first-order chi connectivity index (χ1) is 19.3. The number of hydrogen-bond donors (Lipinski definition) is 1. The minimum Gasteiger partial charge on any atom is -0.507 e. The summed E-state index contributed by atoms with van der Waals surface area (Å²) in [4.78, 5) is 33.1. The molecule has 0 saturated carbocycles. The molecule has 206 valence electrons. The molecule has 2 heterocycles. The van der Waals surface area contributed by atoms with Gasteiger partial charge in [-0.25, -0.2) is 4.98 Å². The maximum Gasteiger partial charge on any atom is 0.301 e. The number of fused-ring (bicyclic) bond motifs is 1. The third-order valence-corrected chi connectivity index (χ3v) is 7.82. The minimum absolute atomic E-state index is 0.0224. The van der Waals surface area contributed by atoms with Crippen LogP contribution in [0.5, 0.6) is 11.5 Å². The molecule has 0 radical (unpaired) electrons. The first kappa shape index (κ1) is 27.7. The standard InChI is InChI=1S/C31H29ClN2O5S/c1-4-38-22-11-8-19(9-12-22)28(35)26-27(20-6-5-7-23(16-20)39-15-14-18(2)3)34(30(37)29(26)36)31-33-24-13-10-21(32)17-25(24)40-31/h5-13,16-18,27,35H,4,14-15H2,1-3H3. The topological polar surface area (TPSA) is 89.0 Å². The van der Waals surface area contributed by atoms with E-state index in [9.17, 15) is 14.7 Å². The zero-order chi connectivity index (χ0) is 28.4. The van der Waals surface area contributed by atoms with Gasteiger partial charge < -0.3 is 14.6 Å². The Bertz CT molecular complexity index is 1600. The van der Waals surface area contributed by atoms with E-state index in [1.165, 1.54) is 16.2 Å². The number of benzene rings is 3. The second kappa shape index (κ2) is 11.7. The van der Waals surface area contributed by atoms with Gasteiger partial charge in [-0.2, -0.15) is 0 Å². The number of aliphatic hydroxyl groups excluding tert-OH is 1. The molecular weight excluding hydrogens is 548 g/mol. The largest absolute Gasteiger partial charge is 0.507 e. The van der Waals surface area contributed by atoms with Crippen molar-refractivity contribution in [3.05, 3.63) is 88.5 Å². The molecule has 1 aliphatic heterocycles. The minimum atomic E-state index is -0.920. The molecule has 1 fully saturated rings. The normalized spacial score (nSPS) is 16.7. The van der Waals surface area contributed by atoms with Crippen LogP contribution in [0.15, 0.2) is 72.3 Å². The number of anilines is 1. The fourth-order valence-corrected chi connectivity index (χ4v) is 5.82. The smallest absolute Gasteiger partial charge is 0.301 e. The number of carbonyl (C=O) groups is 2. The van der Waals surface area contributed by atoms with Crippen LogP contribution in [0.1, 0.15) is 44.4 Å². The van der Waals surface area contributed by atoms with E-state index in [0.717, 1.165) is 11.1 Å². The van der Waals surface area contributed by atoms with Crippen LogP contribution in [0.25, 0.3) is 16.0 Å². The molecule has 3 aromatic carbocycles. The molecule has 1 aromatic heterocycles. The highest BCUT2D eigenvalue weighted by Gasteiger charge is 2.48. The third-order valence-electron chi connectivity index (χ3n) is 6.57. The Hall–Kier alpha value is -3.88. The highest BCUT2D eigenvalue weighted by atomic mass is 35.5. The van der Waals surface area contributed by atoms with Gasteiger partial charge >= 0.3 is 5.91 Å². The SMILES string of the molecule is CCOc1ccc(C(O)=C2C(=O)C(=O)N(c3nc4ccc(Cl)cc4s3)C2c2cccc(OCCC(C)C)c2)cc1. The summed E-state index contributed by atoms with van der Waals surface area (Å²) in [7, 11) is 0. The summed E-state index contributed by atoms with van der Waals surface area (Å²) in [6.45, 7) is 7.16. The van der Waals surface area contributed by atoms with E-state index in [1.54, 1.807) is 48.5 Å². The van der Waals surface area contributed by atoms with Gasteiger partial charge in [0.25, 0.3) is 5.78 Å². The Kier molecular flexibility index (Phi) is 8.09. The van der Waals surface area contributed by atoms with Gasteiger partial charge in [-0.05, 0) is 79.4 Å². The number of aromatic nitrogens is 1. The number of carbonyl (C=O) groups excluding carboxylic acids is 2. The lowest BCUT2D eigenvalue weighted by molar-refractivity contribution is -0.132. The van der Waals surface area contributed by atoms with E-state index < -0.39 is 17.7 Å². The number of nitrogens with zero attached hydrogens (tertiary/aromatic N) is 2. The molecule has 7 nitrogen and oxygen atoms in total. The third kappa shape index (κ3) is 5.55. The van der Waals surface area contributed by atoms with Crippen molar-refractivity contribution in [2.45, 2.75) is 33.2 Å². The molecule has 1 atom stereocenters. The van der Waals surface area contributed by atoms with Crippen molar-refractivity contribution in [1.82, 2.24) is 4.98 Å². The van der Waals surface area contributed by atoms with Gasteiger partial charge in [0.2, 0.25) is 0 Å². The zero-order valence-electron chi connectivity index (χ0n) is 22.4. The van der Waals surface area contributed by atoms with Gasteiger partial charge in [-0.15, -0.1) is 0 Å². The second-order valence-electron chi connectivity index (χ2n) is 9.84. The summed E-state index contributed by atoms with van der Waals surface area (Å²) in [6, 6.07) is 18.4. The lowest BCUT2D eigenvalue weighted by Crippen LogP contribution is -2.29. The van der Waals surface area contributed by atoms with E-state index >= 15 is 0 Å². The van der Waals surface area contributed by atoms with Gasteiger partial charge in [0.1, 0.15) is 17.3 Å². The Morgan fingerprint density at radius 3 is 2.55 bits per heavy atom. The average molecular weight is 577 g/mol. The lowest BCUT2D eigenvalue weighted by Gasteiger charge is -2.23. The Morgan fingerprint density at radius 2 is 1.82 bits per heavy atom. The molecule has 9 heteroatoms. The molecule has 5 rings (SSSR count). The highest BCUT2D eigenvalue weighted by molar-refractivity contribution is 7.22. The average Bonchev–Trinajstić information content (AvgIpc) is 3.46. The lowest BCUT2D eigenvalue weighted by atomic mass is 9.95. The van der Waals surface area contributed by atoms with Gasteiger partial charge in [-0.3, -0.25) is 14.5 Å². The summed E-state index contributed by atoms with van der Waals surface area (Å²) in [5, 5.41) is 12.3. The van der Waals surface area contributed by atoms with E-state index in [4.69, 9.17) is 21.1 Å². The maximum atomic E-state index is 13.6. The van der Waals surface area contributed by atoms with Crippen LogP contribution in [-0.4, -0.2) is 35.0 Å². The number of ketones is 1. The first-order valence-electron chi connectivity index (χ1n) is 13.1. The monoisotopic (exact) mass is 576 g/mol. The van der Waals surface area contributed by atoms with Crippen molar-refractivity contribution >= 4 is 55.7 Å². The van der Waals surface area contributed by atoms with Crippen LogP contribution in [0.3, 0.4) is 0 Å². The van der Waals surface area contributed by atoms with Crippen LogP contribution in [-0.2, 0) is 9.59 Å². The summed E-state index contributed by atoms with van der Waals surface area (Å²) < 4.78 is 12.3. The predicted molar refractivity (Wildman–Crippen MR) is 158 cm³/mol. The van der Waals surface area contributed by atoms with Gasteiger partial charge in [0, 0.05) is 10.6 Å². The Labute approximate surface area is 241 Å². The number of rotatable bonds is 9. The molecule has 1 unspecified atom stereocenters. The first-order valence-corrected chi connectivity index (χ1v) is 14.3. The summed E-state index contributed by atoms with van der Waals surface area (Å²) in [5.74, 6) is -0.106. The van der Waals surface area contributed by atoms with Gasteiger partial charge in [0.05, 0.1) is 35.0 Å². The van der Waals surface area contributed by atoms with Crippen molar-refractivity contribution in [3.63, 3.8) is 0 Å². The summed E-state index contributed by atoms with van der Waals surface area (Å²) in [5.41, 5.74) is 1.64. The molecule has 1 saturated heterocycles. The van der Waals surface area contributed by atoms with Crippen LogP contribution >= 0.6 is 22.9 Å². The molecule has 40 heavy (non-hydrogen) atoms. The molecule has 0 aliphatic carbocycles. The predicted octanol–water partition coefficient (Wildman–Crippen LogP) is 7.40. The Morgan fingerprint density at radius 1 is 1.05 bits per heavy atom. The number of halogens is 1. The molecule has 0 spiro atoms. The van der Waals surface area contributed by atoms with Crippen LogP contribution in [0.4, 0.5) is 5.13 Å². The quantitative estimate of drug-likeness (QED) is 0.127. The van der Waals surface area contributed by atoms with Crippen LogP contribution in [0, 0.1) is 5.92 Å². The molecule has 1 aliphatic rings.